The number of urea groups is 1. The third-order valence-corrected chi connectivity index (χ3v) is 6.60. The van der Waals surface area contributed by atoms with Crippen LogP contribution in [0.3, 0.4) is 0 Å². The van der Waals surface area contributed by atoms with Crippen molar-refractivity contribution in [3.8, 4) is 0 Å². The molecule has 0 bridgehead atoms. The van der Waals surface area contributed by atoms with Gasteiger partial charge in [0.2, 0.25) is 0 Å². The van der Waals surface area contributed by atoms with Crippen LogP contribution >= 0.6 is 0 Å². The number of rotatable bonds is 16. The molecule has 0 aliphatic heterocycles. The number of carbonyl (C=O) groups excluding carboxylic acids is 1. The summed E-state index contributed by atoms with van der Waals surface area (Å²) in [7, 11) is 0.592. The predicted molar refractivity (Wildman–Crippen MR) is 98.8 cm³/mol. The fourth-order valence-corrected chi connectivity index (χ4v) is 4.94. The van der Waals surface area contributed by atoms with E-state index >= 15 is 0 Å². The molecule has 150 valence electrons. The van der Waals surface area contributed by atoms with E-state index in [4.69, 9.17) is 22.8 Å². The van der Waals surface area contributed by atoms with Crippen molar-refractivity contribution in [3.63, 3.8) is 0 Å². The predicted octanol–water partition coefficient (Wildman–Crippen LogP) is 1.73. The number of ether oxygens (including phenoxy) is 2. The molecule has 0 rings (SSSR count). The van der Waals surface area contributed by atoms with Crippen molar-refractivity contribution in [2.75, 3.05) is 66.9 Å². The van der Waals surface area contributed by atoms with Gasteiger partial charge in [-0.25, -0.2) is 4.79 Å². The first kappa shape index (κ1) is 24.3. The summed E-state index contributed by atoms with van der Waals surface area (Å²) in [5, 5.41) is 2.93. The summed E-state index contributed by atoms with van der Waals surface area (Å²) in [5.74, 6) is 0. The summed E-state index contributed by atoms with van der Waals surface area (Å²) in [4.78, 5) is 14.0. The third-order valence-electron chi connectivity index (χ3n) is 3.45. The van der Waals surface area contributed by atoms with E-state index in [0.29, 0.717) is 58.7 Å². The highest BCUT2D eigenvalue weighted by molar-refractivity contribution is 6.60. The average Bonchev–Trinajstić information content (AvgIpc) is 2.59. The first-order valence-electron chi connectivity index (χ1n) is 9.01. The molecule has 0 aliphatic rings. The molecule has 0 aromatic carbocycles. The van der Waals surface area contributed by atoms with Crippen molar-refractivity contribution in [1.29, 1.82) is 0 Å². The van der Waals surface area contributed by atoms with E-state index in [1.54, 1.807) is 19.1 Å². The van der Waals surface area contributed by atoms with Crippen molar-refractivity contribution < 1.29 is 27.5 Å². The van der Waals surface area contributed by atoms with Gasteiger partial charge in [-0.05, 0) is 27.2 Å². The molecule has 0 atom stereocenters. The second-order valence-corrected chi connectivity index (χ2v) is 8.02. The van der Waals surface area contributed by atoms with Crippen molar-refractivity contribution in [1.82, 2.24) is 10.2 Å². The lowest BCUT2D eigenvalue weighted by Gasteiger charge is -2.28. The van der Waals surface area contributed by atoms with Crippen molar-refractivity contribution in [3.05, 3.63) is 0 Å². The molecule has 0 saturated heterocycles. The summed E-state index contributed by atoms with van der Waals surface area (Å²) in [5.41, 5.74) is 0. The van der Waals surface area contributed by atoms with Gasteiger partial charge in [0, 0.05) is 59.7 Å². The number of methoxy groups -OCH3 is 2. The van der Waals surface area contributed by atoms with Gasteiger partial charge in [0.05, 0.1) is 13.2 Å². The van der Waals surface area contributed by atoms with Crippen LogP contribution < -0.4 is 5.32 Å². The maximum Gasteiger partial charge on any atom is 0.500 e. The van der Waals surface area contributed by atoms with Crippen LogP contribution in [-0.2, 0) is 22.8 Å². The maximum atomic E-state index is 12.3. The van der Waals surface area contributed by atoms with Crippen molar-refractivity contribution >= 4 is 14.8 Å². The van der Waals surface area contributed by atoms with E-state index in [1.807, 2.05) is 20.8 Å². The van der Waals surface area contributed by atoms with E-state index in [-0.39, 0.29) is 6.03 Å². The smallest absolute Gasteiger partial charge is 0.383 e. The summed E-state index contributed by atoms with van der Waals surface area (Å²) in [6.45, 7) is 10.1. The van der Waals surface area contributed by atoms with Crippen LogP contribution in [0.2, 0.25) is 6.04 Å². The van der Waals surface area contributed by atoms with Crippen LogP contribution in [0.4, 0.5) is 4.79 Å². The standard InChI is InChI=1S/C16H36N2O6Si/c1-6-22-25(23-7-2,24-8-3)15-9-10-17-16(19)18(11-13-20-4)12-14-21-5/h6-15H2,1-5H3,(H,17,19). The molecule has 1 N–H and O–H groups in total. The normalized spacial score (nSPS) is 11.6. The molecule has 2 amide bonds. The lowest BCUT2D eigenvalue weighted by Crippen LogP contribution is -2.47. The zero-order valence-corrected chi connectivity index (χ0v) is 17.5. The molecule has 0 radical (unpaired) electrons. The lowest BCUT2D eigenvalue weighted by atomic mass is 10.4. The zero-order chi connectivity index (χ0) is 19.0. The van der Waals surface area contributed by atoms with Gasteiger partial charge in [-0.3, -0.25) is 0 Å². The second kappa shape index (κ2) is 15.5. The first-order valence-corrected chi connectivity index (χ1v) is 10.9. The Morgan fingerprint density at radius 2 is 1.40 bits per heavy atom. The summed E-state index contributed by atoms with van der Waals surface area (Å²) in [6, 6.07) is 0.560. The fourth-order valence-electron chi connectivity index (χ4n) is 2.33. The van der Waals surface area contributed by atoms with E-state index in [2.05, 4.69) is 5.32 Å². The Balaban J connectivity index is 4.40. The summed E-state index contributed by atoms with van der Waals surface area (Å²) >= 11 is 0. The topological polar surface area (TPSA) is 78.5 Å². The summed E-state index contributed by atoms with van der Waals surface area (Å²) in [6.07, 6.45) is 0.736. The molecule has 0 fully saturated rings. The summed E-state index contributed by atoms with van der Waals surface area (Å²) < 4.78 is 27.5. The molecule has 0 aromatic heterocycles. The van der Waals surface area contributed by atoms with Crippen LogP contribution in [0.5, 0.6) is 0 Å². The number of carbonyl (C=O) groups is 1. The number of nitrogens with one attached hydrogen (secondary N) is 1. The Bertz CT molecular complexity index is 311. The van der Waals surface area contributed by atoms with Gasteiger partial charge in [0.15, 0.2) is 0 Å². The van der Waals surface area contributed by atoms with E-state index in [9.17, 15) is 4.79 Å². The Morgan fingerprint density at radius 3 is 1.80 bits per heavy atom. The fraction of sp³-hybridized carbons (Fsp3) is 0.938. The Kier molecular flexibility index (Phi) is 15.1. The highest BCUT2D eigenvalue weighted by Crippen LogP contribution is 2.17. The minimum absolute atomic E-state index is 0.120. The van der Waals surface area contributed by atoms with E-state index < -0.39 is 8.80 Å². The van der Waals surface area contributed by atoms with Gasteiger partial charge in [-0.2, -0.15) is 0 Å². The number of hydrogen-bond acceptors (Lipinski definition) is 6. The van der Waals surface area contributed by atoms with E-state index in [1.165, 1.54) is 0 Å². The molecular weight excluding hydrogens is 344 g/mol. The van der Waals surface area contributed by atoms with Crippen molar-refractivity contribution in [2.45, 2.75) is 33.2 Å². The monoisotopic (exact) mass is 380 g/mol. The molecule has 25 heavy (non-hydrogen) atoms. The van der Waals surface area contributed by atoms with Gasteiger partial charge >= 0.3 is 14.8 Å². The van der Waals surface area contributed by atoms with Crippen LogP contribution in [0.25, 0.3) is 0 Å². The van der Waals surface area contributed by atoms with Crippen LogP contribution in [0.1, 0.15) is 27.2 Å². The Morgan fingerprint density at radius 1 is 0.920 bits per heavy atom. The van der Waals surface area contributed by atoms with Gasteiger partial charge in [0.25, 0.3) is 0 Å². The van der Waals surface area contributed by atoms with Crippen molar-refractivity contribution in [2.24, 2.45) is 0 Å². The molecule has 9 heteroatoms. The third kappa shape index (κ3) is 10.8. The molecule has 0 saturated carbocycles. The van der Waals surface area contributed by atoms with Crippen LogP contribution in [0, 0.1) is 0 Å². The number of amides is 2. The molecule has 0 heterocycles. The molecule has 0 aromatic rings. The Labute approximate surface area is 153 Å². The molecule has 0 aliphatic carbocycles. The lowest BCUT2D eigenvalue weighted by molar-refractivity contribution is 0.0707. The van der Waals surface area contributed by atoms with Crippen LogP contribution in [-0.4, -0.2) is 86.6 Å². The van der Waals surface area contributed by atoms with Gasteiger partial charge < -0.3 is 33.0 Å². The Hall–Kier alpha value is -0.713. The molecule has 0 spiro atoms. The maximum absolute atomic E-state index is 12.3. The molecular formula is C16H36N2O6Si. The quantitative estimate of drug-likeness (QED) is 0.325. The minimum Gasteiger partial charge on any atom is -0.383 e. The highest BCUT2D eigenvalue weighted by Gasteiger charge is 2.39. The first-order chi connectivity index (χ1) is 12.1. The molecule has 8 nitrogen and oxygen atoms in total. The highest BCUT2D eigenvalue weighted by atomic mass is 28.4. The minimum atomic E-state index is -2.64. The average molecular weight is 381 g/mol. The largest absolute Gasteiger partial charge is 0.500 e. The number of hydrogen-bond donors (Lipinski definition) is 1. The van der Waals surface area contributed by atoms with Gasteiger partial charge in [-0.15, -0.1) is 0 Å². The second-order valence-electron chi connectivity index (χ2n) is 5.29. The van der Waals surface area contributed by atoms with E-state index in [0.717, 1.165) is 6.42 Å². The molecule has 0 unspecified atom stereocenters. The van der Waals surface area contributed by atoms with Gasteiger partial charge in [-0.1, -0.05) is 0 Å². The van der Waals surface area contributed by atoms with Gasteiger partial charge in [0.1, 0.15) is 0 Å². The number of nitrogens with zero attached hydrogens (tertiary/aromatic N) is 1. The van der Waals surface area contributed by atoms with Crippen LogP contribution in [0.15, 0.2) is 0 Å². The SMILES string of the molecule is CCO[Si](CCCNC(=O)N(CCOC)CCOC)(OCC)OCC. The zero-order valence-electron chi connectivity index (χ0n) is 16.5.